The van der Waals surface area contributed by atoms with Crippen LogP contribution in [-0.4, -0.2) is 34.0 Å². The molecule has 1 aromatic rings. The van der Waals surface area contributed by atoms with Gasteiger partial charge in [-0.3, -0.25) is 20.4 Å². The molecule has 2 bridgehead atoms. The molecule has 0 radical (unpaired) electrons. The zero-order valence-electron chi connectivity index (χ0n) is 12.1. The first-order valence-corrected chi connectivity index (χ1v) is 7.79. The summed E-state index contributed by atoms with van der Waals surface area (Å²) >= 11 is 0. The van der Waals surface area contributed by atoms with Crippen LogP contribution in [-0.2, 0) is 9.53 Å². The van der Waals surface area contributed by atoms with Crippen molar-refractivity contribution in [3.8, 4) is 0 Å². The highest BCUT2D eigenvalue weighted by Gasteiger charge is 2.44. The van der Waals surface area contributed by atoms with Gasteiger partial charge in [0.05, 0.1) is 18.1 Å². The van der Waals surface area contributed by atoms with Crippen LogP contribution in [0.5, 0.6) is 0 Å². The van der Waals surface area contributed by atoms with Crippen molar-refractivity contribution >= 4 is 11.8 Å². The lowest BCUT2D eigenvalue weighted by Crippen LogP contribution is -2.46. The zero-order chi connectivity index (χ0) is 15.1. The summed E-state index contributed by atoms with van der Waals surface area (Å²) in [5.74, 6) is 0.333. The van der Waals surface area contributed by atoms with Gasteiger partial charge in [0.2, 0.25) is 5.91 Å². The third-order valence-electron chi connectivity index (χ3n) is 4.59. The highest BCUT2D eigenvalue weighted by molar-refractivity contribution is 5.93. The van der Waals surface area contributed by atoms with Crippen molar-refractivity contribution in [1.82, 2.24) is 20.8 Å². The summed E-state index contributed by atoms with van der Waals surface area (Å²) in [6.45, 7) is 0. The van der Waals surface area contributed by atoms with Crippen LogP contribution in [0.2, 0.25) is 0 Å². The van der Waals surface area contributed by atoms with E-state index in [1.807, 2.05) is 0 Å². The van der Waals surface area contributed by atoms with Gasteiger partial charge in [-0.15, -0.1) is 0 Å². The van der Waals surface area contributed by atoms with Gasteiger partial charge in [0.1, 0.15) is 11.5 Å². The number of hydrogen-bond donors (Lipinski definition) is 2. The minimum absolute atomic E-state index is 0.00224. The number of carbonyl (C=O) groups excluding carboxylic acids is 2. The van der Waals surface area contributed by atoms with Gasteiger partial charge in [-0.05, 0) is 38.2 Å². The van der Waals surface area contributed by atoms with Crippen LogP contribution >= 0.6 is 0 Å². The number of nitrogens with one attached hydrogen (secondary N) is 2. The minimum Gasteiger partial charge on any atom is -0.374 e. The standard InChI is InChI=1S/C15H18N4O3/c20-14(10-7-9-3-4-12(10)22-9)18-19-15(21)11-5-6-16-13(17-11)8-1-2-8/h5-6,8-10,12H,1-4,7H2,(H,18,20)(H,19,21). The Morgan fingerprint density at radius 3 is 2.73 bits per heavy atom. The van der Waals surface area contributed by atoms with E-state index in [-0.39, 0.29) is 29.7 Å². The molecular weight excluding hydrogens is 284 g/mol. The Labute approximate surface area is 127 Å². The Morgan fingerprint density at radius 2 is 2.05 bits per heavy atom. The van der Waals surface area contributed by atoms with Crippen LogP contribution in [0.15, 0.2) is 12.3 Å². The van der Waals surface area contributed by atoms with E-state index in [0.29, 0.717) is 11.7 Å². The van der Waals surface area contributed by atoms with E-state index in [2.05, 4.69) is 20.8 Å². The molecule has 1 aromatic heterocycles. The molecule has 7 heteroatoms. The molecule has 2 aliphatic heterocycles. The van der Waals surface area contributed by atoms with Gasteiger partial charge in [-0.1, -0.05) is 0 Å². The number of fused-ring (bicyclic) bond motifs is 2. The molecule has 3 fully saturated rings. The number of amides is 2. The Balaban J connectivity index is 1.34. The molecular formula is C15H18N4O3. The number of hydrogen-bond acceptors (Lipinski definition) is 5. The van der Waals surface area contributed by atoms with Crippen LogP contribution in [0.4, 0.5) is 0 Å². The fourth-order valence-corrected chi connectivity index (χ4v) is 3.23. The predicted molar refractivity (Wildman–Crippen MR) is 75.6 cm³/mol. The van der Waals surface area contributed by atoms with Gasteiger partial charge in [0, 0.05) is 12.1 Å². The Bertz CT molecular complexity index is 617. The number of hydrazine groups is 1. The molecule has 3 heterocycles. The van der Waals surface area contributed by atoms with Gasteiger partial charge in [-0.25, -0.2) is 9.97 Å². The second-order valence-corrected chi connectivity index (χ2v) is 6.23. The summed E-state index contributed by atoms with van der Waals surface area (Å²) in [6.07, 6.45) is 6.64. The molecule has 0 aromatic carbocycles. The fraction of sp³-hybridized carbons (Fsp3) is 0.600. The maximum atomic E-state index is 12.1. The lowest BCUT2D eigenvalue weighted by Gasteiger charge is -2.18. The summed E-state index contributed by atoms with van der Waals surface area (Å²) in [5, 5.41) is 0. The first-order chi connectivity index (χ1) is 10.7. The van der Waals surface area contributed by atoms with Crippen LogP contribution in [0.1, 0.15) is 54.3 Å². The molecule has 2 N–H and O–H groups in total. The normalized spacial score (nSPS) is 29.4. The van der Waals surface area contributed by atoms with Crippen LogP contribution in [0, 0.1) is 5.92 Å². The van der Waals surface area contributed by atoms with Crippen molar-refractivity contribution in [3.05, 3.63) is 23.8 Å². The molecule has 4 rings (SSSR count). The lowest BCUT2D eigenvalue weighted by atomic mass is 9.89. The fourth-order valence-electron chi connectivity index (χ4n) is 3.23. The molecule has 1 saturated carbocycles. The van der Waals surface area contributed by atoms with E-state index >= 15 is 0 Å². The second kappa shape index (κ2) is 5.31. The monoisotopic (exact) mass is 302 g/mol. The highest BCUT2D eigenvalue weighted by Crippen LogP contribution is 2.39. The molecule has 22 heavy (non-hydrogen) atoms. The molecule has 3 atom stereocenters. The van der Waals surface area contributed by atoms with Crippen molar-refractivity contribution in [2.75, 3.05) is 0 Å². The molecule has 2 saturated heterocycles. The molecule has 116 valence electrons. The van der Waals surface area contributed by atoms with Crippen molar-refractivity contribution in [2.24, 2.45) is 5.92 Å². The second-order valence-electron chi connectivity index (χ2n) is 6.23. The number of rotatable bonds is 3. The van der Waals surface area contributed by atoms with Crippen molar-refractivity contribution in [2.45, 2.75) is 50.2 Å². The first-order valence-electron chi connectivity index (χ1n) is 7.79. The van der Waals surface area contributed by atoms with E-state index in [9.17, 15) is 9.59 Å². The maximum Gasteiger partial charge on any atom is 0.288 e. The van der Waals surface area contributed by atoms with E-state index < -0.39 is 5.91 Å². The largest absolute Gasteiger partial charge is 0.374 e. The van der Waals surface area contributed by atoms with Gasteiger partial charge < -0.3 is 4.74 Å². The summed E-state index contributed by atoms with van der Waals surface area (Å²) in [5.41, 5.74) is 5.21. The van der Waals surface area contributed by atoms with Crippen LogP contribution < -0.4 is 10.9 Å². The maximum absolute atomic E-state index is 12.1. The van der Waals surface area contributed by atoms with Crippen LogP contribution in [0.25, 0.3) is 0 Å². The average Bonchev–Trinajstić information content (AvgIpc) is 3.19. The average molecular weight is 302 g/mol. The van der Waals surface area contributed by atoms with Gasteiger partial charge >= 0.3 is 0 Å². The Hall–Kier alpha value is -2.02. The molecule has 2 amide bonds. The Kier molecular flexibility index (Phi) is 3.29. The molecule has 7 nitrogen and oxygen atoms in total. The molecule has 0 spiro atoms. The highest BCUT2D eigenvalue weighted by atomic mass is 16.5. The number of carbonyl (C=O) groups is 2. The van der Waals surface area contributed by atoms with E-state index in [4.69, 9.17) is 4.74 Å². The quantitative estimate of drug-likeness (QED) is 0.801. The SMILES string of the molecule is O=C(NNC(=O)C1CC2CCC1O2)c1ccnc(C2CC2)n1. The minimum atomic E-state index is -0.415. The van der Waals surface area contributed by atoms with Gasteiger partial charge in [-0.2, -0.15) is 0 Å². The third kappa shape index (κ3) is 2.56. The van der Waals surface area contributed by atoms with Crippen molar-refractivity contribution in [1.29, 1.82) is 0 Å². The molecule has 3 unspecified atom stereocenters. The summed E-state index contributed by atoms with van der Waals surface area (Å²) in [4.78, 5) is 32.6. The molecule has 1 aliphatic carbocycles. The Morgan fingerprint density at radius 1 is 1.18 bits per heavy atom. The first kappa shape index (κ1) is 13.6. The number of aromatic nitrogens is 2. The summed E-state index contributed by atoms with van der Waals surface area (Å²) in [7, 11) is 0. The van der Waals surface area contributed by atoms with E-state index in [1.165, 1.54) is 0 Å². The van der Waals surface area contributed by atoms with E-state index in [0.717, 1.165) is 32.1 Å². The predicted octanol–water partition coefficient (Wildman–Crippen LogP) is 0.682. The summed E-state index contributed by atoms with van der Waals surface area (Å²) < 4.78 is 5.65. The van der Waals surface area contributed by atoms with Crippen molar-refractivity contribution in [3.63, 3.8) is 0 Å². The molecule has 3 aliphatic rings. The zero-order valence-corrected chi connectivity index (χ0v) is 12.1. The lowest BCUT2D eigenvalue weighted by molar-refractivity contribution is -0.127. The number of ether oxygens (including phenoxy) is 1. The van der Waals surface area contributed by atoms with Gasteiger partial charge in [0.15, 0.2) is 0 Å². The third-order valence-corrected chi connectivity index (χ3v) is 4.59. The van der Waals surface area contributed by atoms with Crippen LogP contribution in [0.3, 0.4) is 0 Å². The van der Waals surface area contributed by atoms with Crippen molar-refractivity contribution < 1.29 is 14.3 Å². The number of nitrogens with zero attached hydrogens (tertiary/aromatic N) is 2. The smallest absolute Gasteiger partial charge is 0.288 e. The van der Waals surface area contributed by atoms with Gasteiger partial charge in [0.25, 0.3) is 5.91 Å². The topological polar surface area (TPSA) is 93.2 Å². The van der Waals surface area contributed by atoms with E-state index in [1.54, 1.807) is 12.3 Å². The summed E-state index contributed by atoms with van der Waals surface area (Å²) in [6, 6.07) is 1.55.